The first-order valence-corrected chi connectivity index (χ1v) is 7.04. The van der Waals surface area contributed by atoms with Gasteiger partial charge in [-0.25, -0.2) is 0 Å². The summed E-state index contributed by atoms with van der Waals surface area (Å²) in [6, 6.07) is 2.54. The Morgan fingerprint density at radius 3 is 2.56 bits per heavy atom. The van der Waals surface area contributed by atoms with E-state index in [1.165, 1.54) is 0 Å². The quantitative estimate of drug-likeness (QED) is 0.706. The second-order valence-corrected chi connectivity index (χ2v) is 6.53. The molecule has 1 fully saturated rings. The predicted octanol–water partition coefficient (Wildman–Crippen LogP) is 3.73. The molecule has 18 heavy (non-hydrogen) atoms. The molecular formula is C16H23NO. The van der Waals surface area contributed by atoms with Crippen LogP contribution in [0.15, 0.2) is 11.6 Å². The minimum Gasteiger partial charge on any atom is -0.295 e. The van der Waals surface area contributed by atoms with Crippen LogP contribution >= 0.6 is 0 Å². The van der Waals surface area contributed by atoms with Crippen LogP contribution in [0.5, 0.6) is 0 Å². The number of hydrogen-bond donors (Lipinski definition) is 0. The predicted molar refractivity (Wildman–Crippen MR) is 71.6 cm³/mol. The molecule has 0 aromatic heterocycles. The second-order valence-electron chi connectivity index (χ2n) is 6.53. The summed E-state index contributed by atoms with van der Waals surface area (Å²) in [6.45, 7) is 8.51. The molecule has 2 aliphatic carbocycles. The summed E-state index contributed by atoms with van der Waals surface area (Å²) in [5.41, 5.74) is 0.690. The third-order valence-electron chi connectivity index (χ3n) is 5.24. The zero-order valence-electron chi connectivity index (χ0n) is 11.9. The number of carbonyl (C=O) groups excluding carboxylic acids is 1. The maximum absolute atomic E-state index is 12.0. The highest BCUT2D eigenvalue weighted by molar-refractivity contribution is 5.98. The number of nitrogens with zero attached hydrogens (tertiary/aromatic N) is 1. The zero-order chi connectivity index (χ0) is 13.5. The highest BCUT2D eigenvalue weighted by Crippen LogP contribution is 2.56. The Kier molecular flexibility index (Phi) is 3.36. The molecular weight excluding hydrogens is 222 g/mol. The molecule has 0 heterocycles. The lowest BCUT2D eigenvalue weighted by atomic mass is 9.55. The van der Waals surface area contributed by atoms with Crippen LogP contribution in [0.3, 0.4) is 0 Å². The third-order valence-corrected chi connectivity index (χ3v) is 5.24. The number of carbonyl (C=O) groups is 1. The first-order chi connectivity index (χ1) is 8.42. The maximum Gasteiger partial charge on any atom is 0.159 e. The van der Waals surface area contributed by atoms with Crippen molar-refractivity contribution in [2.24, 2.45) is 29.1 Å². The molecule has 0 unspecified atom stereocenters. The summed E-state index contributed by atoms with van der Waals surface area (Å²) in [7, 11) is 0. The molecule has 2 rings (SSSR count). The Morgan fingerprint density at radius 2 is 2.11 bits per heavy atom. The molecule has 0 aliphatic heterocycles. The molecule has 4 atom stereocenters. The van der Waals surface area contributed by atoms with E-state index in [2.05, 4.69) is 32.9 Å². The molecule has 0 saturated heterocycles. The first kappa shape index (κ1) is 13.3. The minimum atomic E-state index is -0.177. The van der Waals surface area contributed by atoms with Crippen LogP contribution in [0.2, 0.25) is 0 Å². The fourth-order valence-corrected chi connectivity index (χ4v) is 3.99. The van der Waals surface area contributed by atoms with Gasteiger partial charge in [0.05, 0.1) is 12.0 Å². The van der Waals surface area contributed by atoms with Gasteiger partial charge >= 0.3 is 0 Å². The summed E-state index contributed by atoms with van der Waals surface area (Å²) >= 11 is 0. The Bertz CT molecular complexity index is 429. The minimum absolute atomic E-state index is 0.00245. The van der Waals surface area contributed by atoms with Crippen molar-refractivity contribution >= 4 is 5.78 Å². The Labute approximate surface area is 110 Å². The SMILES string of the molecule is CC1=C[C@]2(CC1=O)[C@H](C)CC[C@@H](C(C)C)[C@H]2C#N. The lowest BCUT2D eigenvalue weighted by Gasteiger charge is -2.47. The monoisotopic (exact) mass is 245 g/mol. The fraction of sp³-hybridized carbons (Fsp3) is 0.750. The van der Waals surface area contributed by atoms with Crippen molar-refractivity contribution in [3.63, 3.8) is 0 Å². The van der Waals surface area contributed by atoms with Gasteiger partial charge in [0.1, 0.15) is 0 Å². The van der Waals surface area contributed by atoms with E-state index in [4.69, 9.17) is 0 Å². The van der Waals surface area contributed by atoms with Crippen LogP contribution in [0.4, 0.5) is 0 Å². The summed E-state index contributed by atoms with van der Waals surface area (Å²) in [4.78, 5) is 12.0. The Balaban J connectivity index is 2.43. The molecule has 1 spiro atoms. The summed E-state index contributed by atoms with van der Waals surface area (Å²) in [6.07, 6.45) is 4.95. The van der Waals surface area contributed by atoms with Gasteiger partial charge in [0.2, 0.25) is 0 Å². The van der Waals surface area contributed by atoms with Crippen molar-refractivity contribution in [1.29, 1.82) is 5.26 Å². The molecule has 1 saturated carbocycles. The molecule has 2 nitrogen and oxygen atoms in total. The molecule has 0 aromatic carbocycles. The van der Waals surface area contributed by atoms with Crippen LogP contribution < -0.4 is 0 Å². The average Bonchev–Trinajstić information content (AvgIpc) is 2.59. The van der Waals surface area contributed by atoms with E-state index in [1.807, 2.05) is 6.92 Å². The highest BCUT2D eigenvalue weighted by Gasteiger charge is 2.52. The number of allylic oxidation sites excluding steroid dienone is 2. The molecule has 0 bridgehead atoms. The first-order valence-electron chi connectivity index (χ1n) is 7.04. The van der Waals surface area contributed by atoms with Gasteiger partial charge in [-0.15, -0.1) is 0 Å². The number of rotatable bonds is 1. The van der Waals surface area contributed by atoms with Crippen LogP contribution in [0.1, 0.15) is 47.0 Å². The average molecular weight is 245 g/mol. The van der Waals surface area contributed by atoms with E-state index in [0.717, 1.165) is 18.4 Å². The molecule has 98 valence electrons. The van der Waals surface area contributed by atoms with Crippen molar-refractivity contribution in [2.75, 3.05) is 0 Å². The number of hydrogen-bond acceptors (Lipinski definition) is 2. The van der Waals surface area contributed by atoms with Crippen LogP contribution in [-0.4, -0.2) is 5.78 Å². The Hall–Kier alpha value is -1.10. The van der Waals surface area contributed by atoms with E-state index in [9.17, 15) is 10.1 Å². The molecule has 0 N–H and O–H groups in total. The van der Waals surface area contributed by atoms with Crippen molar-refractivity contribution in [1.82, 2.24) is 0 Å². The normalized spacial score (nSPS) is 40.1. The van der Waals surface area contributed by atoms with E-state index in [1.54, 1.807) is 0 Å². The van der Waals surface area contributed by atoms with Crippen molar-refractivity contribution in [3.8, 4) is 6.07 Å². The Morgan fingerprint density at radius 1 is 1.44 bits per heavy atom. The van der Waals surface area contributed by atoms with Crippen LogP contribution in [-0.2, 0) is 4.79 Å². The standard InChI is InChI=1S/C16H23NO/c1-10(2)13-6-5-12(4)16(14(13)9-17)7-11(3)15(18)8-16/h7,10,12-14H,5-6,8H2,1-4H3/t12-,13+,14-,16+/m1/s1. The smallest absolute Gasteiger partial charge is 0.159 e. The molecule has 0 radical (unpaired) electrons. The molecule has 2 aliphatic rings. The van der Waals surface area contributed by atoms with Crippen molar-refractivity contribution in [3.05, 3.63) is 11.6 Å². The van der Waals surface area contributed by atoms with Gasteiger partial charge < -0.3 is 0 Å². The van der Waals surface area contributed by atoms with E-state index < -0.39 is 0 Å². The largest absolute Gasteiger partial charge is 0.295 e. The van der Waals surface area contributed by atoms with Crippen LogP contribution in [0.25, 0.3) is 0 Å². The van der Waals surface area contributed by atoms with E-state index >= 15 is 0 Å². The lowest BCUT2D eigenvalue weighted by Crippen LogP contribution is -2.43. The summed E-state index contributed by atoms with van der Waals surface area (Å²) in [5, 5.41) is 9.64. The summed E-state index contributed by atoms with van der Waals surface area (Å²) in [5.74, 6) is 1.64. The highest BCUT2D eigenvalue weighted by atomic mass is 16.1. The van der Waals surface area contributed by atoms with Crippen molar-refractivity contribution in [2.45, 2.75) is 47.0 Å². The van der Waals surface area contributed by atoms with E-state index in [-0.39, 0.29) is 17.1 Å². The van der Waals surface area contributed by atoms with Crippen molar-refractivity contribution < 1.29 is 4.79 Å². The molecule has 0 aromatic rings. The maximum atomic E-state index is 12.0. The van der Waals surface area contributed by atoms with Gasteiger partial charge in [0.25, 0.3) is 0 Å². The van der Waals surface area contributed by atoms with Gasteiger partial charge in [-0.05, 0) is 43.1 Å². The lowest BCUT2D eigenvalue weighted by molar-refractivity contribution is -0.117. The van der Waals surface area contributed by atoms with Crippen LogP contribution in [0, 0.1) is 40.4 Å². The van der Waals surface area contributed by atoms with E-state index in [0.29, 0.717) is 24.2 Å². The van der Waals surface area contributed by atoms with Gasteiger partial charge in [0.15, 0.2) is 5.78 Å². The number of nitriles is 1. The molecule has 2 heteroatoms. The summed E-state index contributed by atoms with van der Waals surface area (Å²) < 4.78 is 0. The number of Topliss-reactive ketones (excluding diaryl/α,β-unsaturated/α-hetero) is 1. The number of ketones is 1. The van der Waals surface area contributed by atoms with Gasteiger partial charge in [-0.1, -0.05) is 26.8 Å². The third kappa shape index (κ3) is 1.81. The van der Waals surface area contributed by atoms with Gasteiger partial charge in [-0.3, -0.25) is 4.79 Å². The van der Waals surface area contributed by atoms with Gasteiger partial charge in [-0.2, -0.15) is 5.26 Å². The second kappa shape index (κ2) is 4.53. The fourth-order valence-electron chi connectivity index (χ4n) is 3.99. The van der Waals surface area contributed by atoms with Gasteiger partial charge in [0, 0.05) is 11.8 Å². The molecule has 0 amide bonds. The zero-order valence-corrected chi connectivity index (χ0v) is 11.9. The topological polar surface area (TPSA) is 40.9 Å².